The SMILES string of the molecule is CCCn1ncnc1Cn1cc(I)ccc1=O. The smallest absolute Gasteiger partial charge is 0.250 e. The van der Waals surface area contributed by atoms with Crippen molar-refractivity contribution in [2.24, 2.45) is 0 Å². The first-order valence-electron chi connectivity index (χ1n) is 5.43. The lowest BCUT2D eigenvalue weighted by atomic mass is 10.4. The molecular formula is C11H13IN4O. The minimum atomic E-state index is -0.0172. The lowest BCUT2D eigenvalue weighted by Gasteiger charge is -2.07. The van der Waals surface area contributed by atoms with Crippen molar-refractivity contribution in [3.05, 3.63) is 44.4 Å². The van der Waals surface area contributed by atoms with Crippen molar-refractivity contribution in [2.75, 3.05) is 0 Å². The van der Waals surface area contributed by atoms with Gasteiger partial charge in [0.05, 0.1) is 6.54 Å². The molecular weight excluding hydrogens is 331 g/mol. The van der Waals surface area contributed by atoms with Gasteiger partial charge in [-0.3, -0.25) is 4.79 Å². The molecule has 0 spiro atoms. The number of nitrogens with zero attached hydrogens (tertiary/aromatic N) is 4. The van der Waals surface area contributed by atoms with Gasteiger partial charge in [0.25, 0.3) is 5.56 Å². The Bertz CT molecular complexity index is 561. The van der Waals surface area contributed by atoms with Crippen LogP contribution in [0.2, 0.25) is 0 Å². The molecule has 0 aliphatic heterocycles. The lowest BCUT2D eigenvalue weighted by Crippen LogP contribution is -2.21. The Morgan fingerprint density at radius 2 is 2.24 bits per heavy atom. The minimum Gasteiger partial charge on any atom is -0.307 e. The summed E-state index contributed by atoms with van der Waals surface area (Å²) >= 11 is 2.19. The molecule has 0 unspecified atom stereocenters. The quantitative estimate of drug-likeness (QED) is 0.790. The van der Waals surface area contributed by atoms with Gasteiger partial charge in [0.1, 0.15) is 12.2 Å². The van der Waals surface area contributed by atoms with Crippen LogP contribution in [0, 0.1) is 3.57 Å². The summed E-state index contributed by atoms with van der Waals surface area (Å²) in [4.78, 5) is 15.9. The molecule has 5 nitrogen and oxygen atoms in total. The zero-order valence-corrected chi connectivity index (χ0v) is 11.7. The van der Waals surface area contributed by atoms with Crippen LogP contribution in [-0.4, -0.2) is 19.3 Å². The fourth-order valence-corrected chi connectivity index (χ4v) is 2.10. The second-order valence-electron chi connectivity index (χ2n) is 3.71. The van der Waals surface area contributed by atoms with E-state index in [0.29, 0.717) is 6.54 Å². The molecule has 0 radical (unpaired) electrons. The van der Waals surface area contributed by atoms with Crippen molar-refractivity contribution >= 4 is 22.6 Å². The molecule has 90 valence electrons. The summed E-state index contributed by atoms with van der Waals surface area (Å²) in [7, 11) is 0. The number of hydrogen-bond donors (Lipinski definition) is 0. The molecule has 2 rings (SSSR count). The molecule has 0 saturated carbocycles. The van der Waals surface area contributed by atoms with Crippen molar-refractivity contribution in [1.82, 2.24) is 19.3 Å². The zero-order chi connectivity index (χ0) is 12.3. The molecule has 2 aromatic heterocycles. The van der Waals surface area contributed by atoms with Crippen molar-refractivity contribution in [3.63, 3.8) is 0 Å². The third-order valence-corrected chi connectivity index (χ3v) is 3.03. The van der Waals surface area contributed by atoms with Crippen LogP contribution in [0.3, 0.4) is 0 Å². The molecule has 0 fully saturated rings. The number of aryl methyl sites for hydroxylation is 1. The highest BCUT2D eigenvalue weighted by molar-refractivity contribution is 14.1. The van der Waals surface area contributed by atoms with E-state index in [4.69, 9.17) is 0 Å². The summed E-state index contributed by atoms with van der Waals surface area (Å²) in [6.07, 6.45) is 4.36. The first-order chi connectivity index (χ1) is 8.20. The van der Waals surface area contributed by atoms with E-state index in [9.17, 15) is 4.79 Å². The van der Waals surface area contributed by atoms with Crippen molar-refractivity contribution in [2.45, 2.75) is 26.4 Å². The van der Waals surface area contributed by atoms with Crippen LogP contribution in [0.15, 0.2) is 29.5 Å². The van der Waals surface area contributed by atoms with E-state index in [1.807, 2.05) is 10.9 Å². The maximum atomic E-state index is 11.7. The highest BCUT2D eigenvalue weighted by atomic mass is 127. The van der Waals surface area contributed by atoms with Gasteiger partial charge in [-0.2, -0.15) is 5.10 Å². The topological polar surface area (TPSA) is 52.7 Å². The lowest BCUT2D eigenvalue weighted by molar-refractivity contribution is 0.550. The van der Waals surface area contributed by atoms with E-state index in [1.54, 1.807) is 16.7 Å². The summed E-state index contributed by atoms with van der Waals surface area (Å²) in [5.74, 6) is 0.816. The third-order valence-electron chi connectivity index (χ3n) is 2.39. The van der Waals surface area contributed by atoms with E-state index in [0.717, 1.165) is 22.4 Å². The summed E-state index contributed by atoms with van der Waals surface area (Å²) in [6, 6.07) is 3.37. The summed E-state index contributed by atoms with van der Waals surface area (Å²) in [5, 5.41) is 4.14. The number of hydrogen-bond acceptors (Lipinski definition) is 3. The normalized spacial score (nSPS) is 10.7. The maximum absolute atomic E-state index is 11.7. The Hall–Kier alpha value is -1.18. The first kappa shape index (κ1) is 12.3. The molecule has 6 heteroatoms. The minimum absolute atomic E-state index is 0.0172. The van der Waals surface area contributed by atoms with Gasteiger partial charge in [-0.25, -0.2) is 9.67 Å². The van der Waals surface area contributed by atoms with Crippen molar-refractivity contribution < 1.29 is 0 Å². The number of rotatable bonds is 4. The van der Waals surface area contributed by atoms with Gasteiger partial charge in [0.15, 0.2) is 0 Å². The molecule has 17 heavy (non-hydrogen) atoms. The third kappa shape index (κ3) is 2.93. The van der Waals surface area contributed by atoms with Gasteiger partial charge >= 0.3 is 0 Å². The average molecular weight is 344 g/mol. The van der Waals surface area contributed by atoms with E-state index in [-0.39, 0.29) is 5.56 Å². The first-order valence-corrected chi connectivity index (χ1v) is 6.51. The molecule has 0 bridgehead atoms. The molecule has 2 aromatic rings. The van der Waals surface area contributed by atoms with Crippen LogP contribution < -0.4 is 5.56 Å². The molecule has 0 N–H and O–H groups in total. The van der Waals surface area contributed by atoms with Gasteiger partial charge in [-0.05, 0) is 35.1 Å². The van der Waals surface area contributed by atoms with Crippen molar-refractivity contribution in [1.29, 1.82) is 0 Å². The second-order valence-corrected chi connectivity index (χ2v) is 4.96. The van der Waals surface area contributed by atoms with Gasteiger partial charge in [-0.15, -0.1) is 0 Å². The molecule has 0 atom stereocenters. The van der Waals surface area contributed by atoms with E-state index in [1.165, 1.54) is 6.33 Å². The Morgan fingerprint density at radius 3 is 3.00 bits per heavy atom. The number of pyridine rings is 1. The standard InChI is InChI=1S/C11H13IN4O/c1-2-5-16-10(13-8-14-16)7-15-6-9(12)3-4-11(15)17/h3-4,6,8H,2,5,7H2,1H3. The van der Waals surface area contributed by atoms with Crippen LogP contribution in [0.1, 0.15) is 19.2 Å². The molecule has 0 aliphatic carbocycles. The number of aromatic nitrogens is 4. The molecule has 0 aromatic carbocycles. The van der Waals surface area contributed by atoms with Crippen LogP contribution in [-0.2, 0) is 13.1 Å². The Kier molecular flexibility index (Phi) is 3.93. The van der Waals surface area contributed by atoms with Gasteiger partial charge in [0, 0.05) is 22.4 Å². The summed E-state index contributed by atoms with van der Waals surface area (Å²) in [6.45, 7) is 3.38. The Balaban J connectivity index is 2.28. The van der Waals surface area contributed by atoms with Gasteiger partial charge in [-0.1, -0.05) is 6.92 Å². The van der Waals surface area contributed by atoms with Crippen LogP contribution in [0.5, 0.6) is 0 Å². The molecule has 0 aliphatic rings. The molecule has 0 saturated heterocycles. The highest BCUT2D eigenvalue weighted by Crippen LogP contribution is 2.03. The van der Waals surface area contributed by atoms with Crippen molar-refractivity contribution in [3.8, 4) is 0 Å². The van der Waals surface area contributed by atoms with Crippen LogP contribution in [0.4, 0.5) is 0 Å². The largest absolute Gasteiger partial charge is 0.307 e. The van der Waals surface area contributed by atoms with Crippen LogP contribution in [0.25, 0.3) is 0 Å². The van der Waals surface area contributed by atoms with E-state index < -0.39 is 0 Å². The summed E-state index contributed by atoms with van der Waals surface area (Å²) in [5.41, 5.74) is -0.0172. The fourth-order valence-electron chi connectivity index (χ4n) is 1.59. The van der Waals surface area contributed by atoms with Gasteiger partial charge < -0.3 is 4.57 Å². The second kappa shape index (κ2) is 5.44. The summed E-state index contributed by atoms with van der Waals surface area (Å²) < 4.78 is 4.52. The monoisotopic (exact) mass is 344 g/mol. The highest BCUT2D eigenvalue weighted by Gasteiger charge is 2.05. The van der Waals surface area contributed by atoms with E-state index >= 15 is 0 Å². The predicted octanol–water partition coefficient (Wildman–Crippen LogP) is 1.50. The van der Waals surface area contributed by atoms with Crippen LogP contribution >= 0.6 is 22.6 Å². The molecule has 0 amide bonds. The fraction of sp³-hybridized carbons (Fsp3) is 0.364. The Labute approximate surface area is 113 Å². The predicted molar refractivity (Wildman–Crippen MR) is 72.8 cm³/mol. The maximum Gasteiger partial charge on any atom is 0.250 e. The van der Waals surface area contributed by atoms with E-state index in [2.05, 4.69) is 39.6 Å². The average Bonchev–Trinajstić information content (AvgIpc) is 2.72. The zero-order valence-electron chi connectivity index (χ0n) is 9.51. The molecule has 2 heterocycles. The van der Waals surface area contributed by atoms with Gasteiger partial charge in [0.2, 0.25) is 0 Å². The number of halogens is 1. The Morgan fingerprint density at radius 1 is 1.41 bits per heavy atom.